The molecule has 1 heterocycles. The number of thiocarbonyl (C=S) groups is 1. The molecule has 18 heavy (non-hydrogen) atoms. The monoisotopic (exact) mass is 272 g/mol. The van der Waals surface area contributed by atoms with Gasteiger partial charge in [0.1, 0.15) is 0 Å². The van der Waals surface area contributed by atoms with E-state index in [1.54, 1.807) is 4.90 Å². The lowest BCUT2D eigenvalue weighted by molar-refractivity contribution is -0.148. The number of carbonyl (C=O) groups excluding carboxylic acids is 2. The zero-order valence-electron chi connectivity index (χ0n) is 11.0. The fraction of sp³-hybridized carbons (Fsp3) is 0.727. The molecule has 0 aromatic carbocycles. The second-order valence-electron chi connectivity index (χ2n) is 4.72. The number of nitrogens with zero attached hydrogens (tertiary/aromatic N) is 2. The summed E-state index contributed by atoms with van der Waals surface area (Å²) in [4.78, 5) is 27.5. The first-order valence-corrected chi connectivity index (χ1v) is 6.31. The zero-order valence-corrected chi connectivity index (χ0v) is 11.8. The van der Waals surface area contributed by atoms with Crippen molar-refractivity contribution in [1.82, 2.24) is 15.1 Å². The summed E-state index contributed by atoms with van der Waals surface area (Å²) >= 11 is 4.64. The summed E-state index contributed by atoms with van der Waals surface area (Å²) in [5, 5.41) is 2.41. The summed E-state index contributed by atoms with van der Waals surface area (Å²) in [6, 6.07) is 0.474. The molecule has 1 aliphatic heterocycles. The smallest absolute Gasteiger partial charge is 0.311 e. The third-order valence-corrected chi connectivity index (χ3v) is 3.41. The van der Waals surface area contributed by atoms with Gasteiger partial charge in [-0.2, -0.15) is 0 Å². The molecule has 0 radical (unpaired) electrons. The zero-order chi connectivity index (χ0) is 13.9. The van der Waals surface area contributed by atoms with Gasteiger partial charge in [0.05, 0.1) is 11.5 Å². The minimum Gasteiger partial charge on any atom is -0.392 e. The Labute approximate surface area is 112 Å². The van der Waals surface area contributed by atoms with E-state index in [1.807, 2.05) is 20.9 Å². The van der Waals surface area contributed by atoms with Crippen LogP contribution in [0.5, 0.6) is 0 Å². The van der Waals surface area contributed by atoms with Gasteiger partial charge >= 0.3 is 11.8 Å². The Kier molecular flexibility index (Phi) is 5.03. The van der Waals surface area contributed by atoms with Crippen molar-refractivity contribution < 1.29 is 9.59 Å². The van der Waals surface area contributed by atoms with E-state index in [1.165, 1.54) is 0 Å². The maximum Gasteiger partial charge on any atom is 0.311 e. The number of rotatable bonds is 2. The van der Waals surface area contributed by atoms with Gasteiger partial charge in [0.15, 0.2) is 0 Å². The Balaban J connectivity index is 2.56. The van der Waals surface area contributed by atoms with E-state index in [4.69, 9.17) is 5.73 Å². The van der Waals surface area contributed by atoms with Crippen LogP contribution in [0.2, 0.25) is 0 Å². The van der Waals surface area contributed by atoms with Crippen LogP contribution >= 0.6 is 12.2 Å². The van der Waals surface area contributed by atoms with Crippen LogP contribution in [-0.4, -0.2) is 65.4 Å². The van der Waals surface area contributed by atoms with E-state index in [0.29, 0.717) is 13.1 Å². The summed E-state index contributed by atoms with van der Waals surface area (Å²) in [6.45, 7) is 5.23. The van der Waals surface area contributed by atoms with E-state index in [-0.39, 0.29) is 23.6 Å². The Morgan fingerprint density at radius 1 is 1.33 bits per heavy atom. The maximum absolute atomic E-state index is 11.9. The Morgan fingerprint density at radius 3 is 2.28 bits per heavy atom. The highest BCUT2D eigenvalue weighted by atomic mass is 32.1. The standard InChI is InChI=1S/C11H20N4O2S/c1-7-5-15(6-8(2)14(7)3)11(17)10(16)13-4-9(12)18/h7-8H,4-6H2,1-3H3,(H2,12,18)(H,13,16). The lowest BCUT2D eigenvalue weighted by atomic mass is 10.1. The molecule has 0 bridgehead atoms. The molecule has 0 spiro atoms. The van der Waals surface area contributed by atoms with Crippen LogP contribution in [0.3, 0.4) is 0 Å². The number of nitrogens with two attached hydrogens (primary N) is 1. The highest BCUT2D eigenvalue weighted by Crippen LogP contribution is 2.13. The van der Waals surface area contributed by atoms with E-state index in [9.17, 15) is 9.59 Å². The second kappa shape index (κ2) is 6.10. The molecule has 6 nitrogen and oxygen atoms in total. The normalized spacial score (nSPS) is 24.7. The third-order valence-electron chi connectivity index (χ3n) is 3.26. The fourth-order valence-electron chi connectivity index (χ4n) is 1.96. The van der Waals surface area contributed by atoms with Gasteiger partial charge < -0.3 is 16.0 Å². The number of hydrogen-bond acceptors (Lipinski definition) is 4. The van der Waals surface area contributed by atoms with Gasteiger partial charge in [-0.05, 0) is 20.9 Å². The van der Waals surface area contributed by atoms with Crippen LogP contribution in [0.25, 0.3) is 0 Å². The lowest BCUT2D eigenvalue weighted by Crippen LogP contribution is -2.58. The van der Waals surface area contributed by atoms with Gasteiger partial charge in [-0.3, -0.25) is 14.5 Å². The number of nitrogens with one attached hydrogen (secondary N) is 1. The molecule has 0 aromatic heterocycles. The van der Waals surface area contributed by atoms with Crippen molar-refractivity contribution in [1.29, 1.82) is 0 Å². The highest BCUT2D eigenvalue weighted by Gasteiger charge is 2.31. The van der Waals surface area contributed by atoms with Gasteiger partial charge in [0.25, 0.3) is 0 Å². The molecule has 0 aliphatic carbocycles. The number of piperazine rings is 1. The Morgan fingerprint density at radius 2 is 1.83 bits per heavy atom. The lowest BCUT2D eigenvalue weighted by Gasteiger charge is -2.42. The quantitative estimate of drug-likeness (QED) is 0.495. The second-order valence-corrected chi connectivity index (χ2v) is 5.25. The van der Waals surface area contributed by atoms with E-state index >= 15 is 0 Å². The van der Waals surface area contributed by atoms with Crippen LogP contribution in [0.1, 0.15) is 13.8 Å². The van der Waals surface area contributed by atoms with Crippen molar-refractivity contribution >= 4 is 29.0 Å². The van der Waals surface area contributed by atoms with Crippen LogP contribution in [-0.2, 0) is 9.59 Å². The van der Waals surface area contributed by atoms with Gasteiger partial charge in [-0.25, -0.2) is 0 Å². The largest absolute Gasteiger partial charge is 0.392 e. The van der Waals surface area contributed by atoms with Crippen LogP contribution in [0.4, 0.5) is 0 Å². The van der Waals surface area contributed by atoms with Crippen molar-refractivity contribution in [2.24, 2.45) is 5.73 Å². The first kappa shape index (κ1) is 14.8. The summed E-state index contributed by atoms with van der Waals surface area (Å²) in [6.07, 6.45) is 0. The predicted molar refractivity (Wildman–Crippen MR) is 73.1 cm³/mol. The highest BCUT2D eigenvalue weighted by molar-refractivity contribution is 7.80. The molecule has 1 fully saturated rings. The van der Waals surface area contributed by atoms with Crippen molar-refractivity contribution in [3.05, 3.63) is 0 Å². The molecule has 1 aliphatic rings. The van der Waals surface area contributed by atoms with Crippen molar-refractivity contribution in [2.75, 3.05) is 26.7 Å². The summed E-state index contributed by atoms with van der Waals surface area (Å²) in [5.74, 6) is -1.16. The van der Waals surface area contributed by atoms with Gasteiger partial charge in [0, 0.05) is 25.2 Å². The van der Waals surface area contributed by atoms with Crippen molar-refractivity contribution in [2.45, 2.75) is 25.9 Å². The Hall–Kier alpha value is -1.21. The number of likely N-dealkylation sites (N-methyl/N-ethyl adjacent to an activating group) is 1. The van der Waals surface area contributed by atoms with Crippen LogP contribution in [0, 0.1) is 0 Å². The third kappa shape index (κ3) is 3.64. The first-order chi connectivity index (χ1) is 8.32. The molecule has 102 valence electrons. The fourth-order valence-corrected chi connectivity index (χ4v) is 2.03. The van der Waals surface area contributed by atoms with Crippen LogP contribution < -0.4 is 11.1 Å². The van der Waals surface area contributed by atoms with Crippen molar-refractivity contribution in [3.8, 4) is 0 Å². The number of amides is 2. The predicted octanol–water partition coefficient (Wildman–Crippen LogP) is -1.06. The molecule has 2 amide bonds. The number of carbonyl (C=O) groups is 2. The summed E-state index contributed by atoms with van der Waals surface area (Å²) < 4.78 is 0. The minimum atomic E-state index is -0.647. The molecule has 3 N–H and O–H groups in total. The summed E-state index contributed by atoms with van der Waals surface area (Å²) in [5.41, 5.74) is 5.27. The molecule has 2 unspecified atom stereocenters. The molecule has 1 rings (SSSR count). The van der Waals surface area contributed by atoms with Crippen LogP contribution in [0.15, 0.2) is 0 Å². The van der Waals surface area contributed by atoms with E-state index in [2.05, 4.69) is 22.4 Å². The number of hydrogen-bond donors (Lipinski definition) is 2. The van der Waals surface area contributed by atoms with Gasteiger partial charge in [-0.1, -0.05) is 12.2 Å². The minimum absolute atomic E-state index is 0.0543. The topological polar surface area (TPSA) is 78.7 Å². The molecule has 7 heteroatoms. The molecule has 2 atom stereocenters. The molecule has 0 aromatic rings. The SMILES string of the molecule is CC1CN(C(=O)C(=O)NCC(N)=S)CC(C)N1C. The molecule has 1 saturated heterocycles. The van der Waals surface area contributed by atoms with Gasteiger partial charge in [0.2, 0.25) is 0 Å². The van der Waals surface area contributed by atoms with Gasteiger partial charge in [-0.15, -0.1) is 0 Å². The summed E-state index contributed by atoms with van der Waals surface area (Å²) in [7, 11) is 2.02. The average molecular weight is 272 g/mol. The molecular formula is C11H20N4O2S. The van der Waals surface area contributed by atoms with Crippen molar-refractivity contribution in [3.63, 3.8) is 0 Å². The first-order valence-electron chi connectivity index (χ1n) is 5.90. The Bertz CT molecular complexity index is 349. The van der Waals surface area contributed by atoms with E-state index < -0.39 is 11.8 Å². The van der Waals surface area contributed by atoms with E-state index in [0.717, 1.165) is 0 Å². The average Bonchev–Trinajstić information content (AvgIpc) is 2.31. The molecular weight excluding hydrogens is 252 g/mol. The molecule has 0 saturated carbocycles. The maximum atomic E-state index is 11.9.